The van der Waals surface area contributed by atoms with E-state index in [1.54, 1.807) is 0 Å². The SMILES string of the molecule is O=S(=O)(Nc1ccc(-n2nc(C(F)(F)F)cc2-c2ccc(Cl)c(Cl)c2)cc1)Nc1ccc(-n2nc(C(F)(F)F)cc2-c2ccc(Cl)c(Cl)c2)cc1. The van der Waals surface area contributed by atoms with Gasteiger partial charge in [0.1, 0.15) is 0 Å². The van der Waals surface area contributed by atoms with Crippen LogP contribution in [0.3, 0.4) is 0 Å². The maximum atomic E-state index is 13.6. The quantitative estimate of drug-likeness (QED) is 0.150. The van der Waals surface area contributed by atoms with Crippen LogP contribution in [0.2, 0.25) is 20.1 Å². The van der Waals surface area contributed by atoms with Crippen molar-refractivity contribution in [2.24, 2.45) is 0 Å². The minimum atomic E-state index is -4.76. The van der Waals surface area contributed by atoms with Crippen molar-refractivity contribution < 1.29 is 34.8 Å². The Labute approximate surface area is 305 Å². The molecule has 51 heavy (non-hydrogen) atoms. The van der Waals surface area contributed by atoms with Crippen molar-refractivity contribution in [3.63, 3.8) is 0 Å². The lowest BCUT2D eigenvalue weighted by molar-refractivity contribution is -0.142. The summed E-state index contributed by atoms with van der Waals surface area (Å²) in [4.78, 5) is 0. The highest BCUT2D eigenvalue weighted by atomic mass is 35.5. The summed E-state index contributed by atoms with van der Waals surface area (Å²) in [5.74, 6) is 0. The summed E-state index contributed by atoms with van der Waals surface area (Å²) in [6.45, 7) is 0. The molecule has 264 valence electrons. The summed E-state index contributed by atoms with van der Waals surface area (Å²) in [5.41, 5.74) is -1.20. The van der Waals surface area contributed by atoms with Crippen LogP contribution in [0.15, 0.2) is 97.1 Å². The van der Waals surface area contributed by atoms with Crippen LogP contribution in [0, 0.1) is 0 Å². The van der Waals surface area contributed by atoms with Crippen molar-refractivity contribution in [3.05, 3.63) is 129 Å². The van der Waals surface area contributed by atoms with Crippen LogP contribution in [0.1, 0.15) is 11.4 Å². The van der Waals surface area contributed by atoms with E-state index in [-0.39, 0.29) is 54.2 Å². The van der Waals surface area contributed by atoms with Gasteiger partial charge in [0.05, 0.1) is 54.2 Å². The maximum absolute atomic E-state index is 13.6. The largest absolute Gasteiger partial charge is 0.435 e. The third-order valence-electron chi connectivity index (χ3n) is 7.16. The van der Waals surface area contributed by atoms with Gasteiger partial charge < -0.3 is 0 Å². The number of anilines is 2. The van der Waals surface area contributed by atoms with Crippen molar-refractivity contribution in [2.75, 3.05) is 9.44 Å². The molecule has 0 saturated heterocycles. The molecule has 0 fully saturated rings. The van der Waals surface area contributed by atoms with Gasteiger partial charge in [0.15, 0.2) is 11.4 Å². The molecule has 0 aliphatic carbocycles. The van der Waals surface area contributed by atoms with Gasteiger partial charge in [-0.3, -0.25) is 9.44 Å². The van der Waals surface area contributed by atoms with Gasteiger partial charge in [-0.2, -0.15) is 45.0 Å². The molecule has 0 amide bonds. The molecule has 19 heteroatoms. The fraction of sp³-hybridized carbons (Fsp3) is 0.0625. The zero-order valence-corrected chi connectivity index (χ0v) is 28.9. The molecule has 0 aliphatic rings. The molecule has 2 N–H and O–H groups in total. The fourth-order valence-electron chi connectivity index (χ4n) is 4.83. The summed E-state index contributed by atoms with van der Waals surface area (Å²) in [7, 11) is -4.29. The Kier molecular flexibility index (Phi) is 9.71. The Bertz CT molecular complexity index is 2200. The van der Waals surface area contributed by atoms with Crippen molar-refractivity contribution in [1.29, 1.82) is 0 Å². The lowest BCUT2D eigenvalue weighted by Gasteiger charge is -2.13. The molecule has 0 unspecified atom stereocenters. The van der Waals surface area contributed by atoms with E-state index in [2.05, 4.69) is 19.6 Å². The number of aromatic nitrogens is 4. The highest BCUT2D eigenvalue weighted by Gasteiger charge is 2.36. The van der Waals surface area contributed by atoms with E-state index in [4.69, 9.17) is 46.4 Å². The van der Waals surface area contributed by atoms with Crippen LogP contribution in [-0.4, -0.2) is 28.0 Å². The topological polar surface area (TPSA) is 93.8 Å². The second-order valence-electron chi connectivity index (χ2n) is 10.7. The number of benzene rings is 4. The molecule has 0 spiro atoms. The number of hydrogen-bond acceptors (Lipinski definition) is 4. The number of hydrogen-bond donors (Lipinski definition) is 2. The summed E-state index contributed by atoms with van der Waals surface area (Å²) in [6, 6.07) is 20.9. The van der Waals surface area contributed by atoms with E-state index in [1.165, 1.54) is 84.9 Å². The van der Waals surface area contributed by atoms with Gasteiger partial charge in [0.2, 0.25) is 0 Å². The van der Waals surface area contributed by atoms with E-state index in [1.807, 2.05) is 0 Å². The van der Waals surface area contributed by atoms with Gasteiger partial charge in [0, 0.05) is 11.1 Å². The number of nitrogens with zero attached hydrogens (tertiary/aromatic N) is 4. The molecule has 0 aliphatic heterocycles. The molecular weight excluding hydrogens is 788 g/mol. The summed E-state index contributed by atoms with van der Waals surface area (Å²) in [5, 5.41) is 8.05. The first-order chi connectivity index (χ1) is 23.9. The standard InChI is InChI=1S/C32H18Cl4F6N6O2S/c33-23-11-1-17(13-25(23)35)27-15-29(31(37,38)39)43-47(27)21-7-3-19(4-8-21)45-51(49,50)46-20-5-9-22(10-6-20)48-28(16-30(44-48)32(40,41)42)18-2-12-24(34)26(36)14-18/h1-16,45-46H. The van der Waals surface area contributed by atoms with Crippen molar-refractivity contribution in [1.82, 2.24) is 19.6 Å². The molecule has 2 aromatic heterocycles. The predicted molar refractivity (Wildman–Crippen MR) is 184 cm³/mol. The van der Waals surface area contributed by atoms with Crippen LogP contribution >= 0.6 is 46.4 Å². The summed E-state index contributed by atoms with van der Waals surface area (Å²) < 4.78 is 114. The Morgan fingerprint density at radius 2 is 0.863 bits per heavy atom. The molecule has 0 saturated carbocycles. The lowest BCUT2D eigenvalue weighted by atomic mass is 10.1. The van der Waals surface area contributed by atoms with Gasteiger partial charge in [-0.15, -0.1) is 0 Å². The molecule has 6 aromatic rings. The van der Waals surface area contributed by atoms with E-state index < -0.39 is 33.9 Å². The molecule has 8 nitrogen and oxygen atoms in total. The minimum Gasteiger partial charge on any atom is -0.267 e. The lowest BCUT2D eigenvalue weighted by Crippen LogP contribution is -2.21. The van der Waals surface area contributed by atoms with E-state index in [0.29, 0.717) is 11.1 Å². The minimum absolute atomic E-state index is 0.0460. The van der Waals surface area contributed by atoms with Gasteiger partial charge in [-0.25, -0.2) is 9.36 Å². The van der Waals surface area contributed by atoms with Gasteiger partial charge in [-0.05, 0) is 84.9 Å². The monoisotopic (exact) mass is 804 g/mol. The van der Waals surface area contributed by atoms with Crippen LogP contribution in [0.4, 0.5) is 37.7 Å². The van der Waals surface area contributed by atoms with Crippen molar-refractivity contribution in [3.8, 4) is 33.9 Å². The smallest absolute Gasteiger partial charge is 0.267 e. The third kappa shape index (κ3) is 8.07. The fourth-order valence-corrected chi connectivity index (χ4v) is 6.37. The van der Waals surface area contributed by atoms with E-state index in [9.17, 15) is 34.8 Å². The Hall–Kier alpha value is -4.41. The van der Waals surface area contributed by atoms with E-state index in [0.717, 1.165) is 21.5 Å². The van der Waals surface area contributed by atoms with Gasteiger partial charge in [-0.1, -0.05) is 58.5 Å². The molecule has 4 aromatic carbocycles. The first kappa shape index (κ1) is 36.4. The van der Waals surface area contributed by atoms with Crippen LogP contribution < -0.4 is 9.44 Å². The second kappa shape index (κ2) is 13.6. The summed E-state index contributed by atoms with van der Waals surface area (Å²) >= 11 is 24.1. The highest BCUT2D eigenvalue weighted by Crippen LogP contribution is 2.37. The van der Waals surface area contributed by atoms with Crippen LogP contribution in [0.5, 0.6) is 0 Å². The number of nitrogens with one attached hydrogen (secondary N) is 2. The predicted octanol–water partition coefficient (Wildman–Crippen LogP) is 10.8. The van der Waals surface area contributed by atoms with Crippen LogP contribution in [0.25, 0.3) is 33.9 Å². The molecule has 0 bridgehead atoms. The van der Waals surface area contributed by atoms with Crippen molar-refractivity contribution >= 4 is 68.0 Å². The Morgan fingerprint density at radius 3 is 1.18 bits per heavy atom. The Morgan fingerprint density at radius 1 is 0.510 bits per heavy atom. The molecule has 2 heterocycles. The average Bonchev–Trinajstić information content (AvgIpc) is 3.71. The second-order valence-corrected chi connectivity index (χ2v) is 13.8. The number of alkyl halides is 6. The third-order valence-corrected chi connectivity index (χ3v) is 9.65. The van der Waals surface area contributed by atoms with Crippen molar-refractivity contribution in [2.45, 2.75) is 12.4 Å². The number of rotatable bonds is 8. The summed E-state index contributed by atoms with van der Waals surface area (Å²) in [6.07, 6.45) is -9.51. The first-order valence-electron chi connectivity index (χ1n) is 14.1. The highest BCUT2D eigenvalue weighted by molar-refractivity contribution is 7.94. The van der Waals surface area contributed by atoms with Crippen LogP contribution in [-0.2, 0) is 22.6 Å². The molecular formula is C32H18Cl4F6N6O2S. The normalized spacial score (nSPS) is 12.3. The molecule has 0 atom stereocenters. The first-order valence-corrected chi connectivity index (χ1v) is 17.1. The molecule has 6 rings (SSSR count). The van der Waals surface area contributed by atoms with Gasteiger partial charge >= 0.3 is 22.6 Å². The number of halogens is 10. The average molecular weight is 806 g/mol. The molecule has 0 radical (unpaired) electrons. The van der Waals surface area contributed by atoms with E-state index >= 15 is 0 Å². The maximum Gasteiger partial charge on any atom is 0.435 e. The zero-order valence-electron chi connectivity index (χ0n) is 25.0. The zero-order chi connectivity index (χ0) is 36.9. The Balaban J connectivity index is 1.22. The van der Waals surface area contributed by atoms with Gasteiger partial charge in [0.25, 0.3) is 0 Å².